The highest BCUT2D eigenvalue weighted by Gasteiger charge is 2.26. The standard InChI is InChI=1S/C13H17NO3/c1-9-5-10(2)7-11(6-9)14-3-4-17-12(8-14)13(15)16/h5-7,12H,3-4,8H2,1-2H3,(H,15,16). The van der Waals surface area contributed by atoms with Crippen LogP contribution < -0.4 is 4.90 Å². The topological polar surface area (TPSA) is 49.8 Å². The fourth-order valence-electron chi connectivity index (χ4n) is 2.17. The molecule has 1 heterocycles. The minimum Gasteiger partial charge on any atom is -0.479 e. The van der Waals surface area contributed by atoms with Gasteiger partial charge in [0, 0.05) is 12.2 Å². The lowest BCUT2D eigenvalue weighted by molar-refractivity contribution is -0.150. The van der Waals surface area contributed by atoms with Crippen molar-refractivity contribution >= 4 is 11.7 Å². The van der Waals surface area contributed by atoms with Crippen LogP contribution in [0.1, 0.15) is 11.1 Å². The van der Waals surface area contributed by atoms with E-state index >= 15 is 0 Å². The first-order valence-corrected chi connectivity index (χ1v) is 5.74. The van der Waals surface area contributed by atoms with Crippen molar-refractivity contribution in [1.82, 2.24) is 0 Å². The van der Waals surface area contributed by atoms with Gasteiger partial charge in [-0.25, -0.2) is 4.79 Å². The van der Waals surface area contributed by atoms with E-state index in [1.807, 2.05) is 13.8 Å². The van der Waals surface area contributed by atoms with Gasteiger partial charge in [0.15, 0.2) is 6.10 Å². The smallest absolute Gasteiger partial charge is 0.334 e. The molecule has 1 aliphatic heterocycles. The van der Waals surface area contributed by atoms with E-state index in [-0.39, 0.29) is 0 Å². The molecule has 1 atom stereocenters. The van der Waals surface area contributed by atoms with Crippen molar-refractivity contribution in [3.63, 3.8) is 0 Å². The Balaban J connectivity index is 2.18. The maximum absolute atomic E-state index is 10.9. The summed E-state index contributed by atoms with van der Waals surface area (Å²) in [6.45, 7) is 5.71. The van der Waals surface area contributed by atoms with Crippen LogP contribution in [-0.4, -0.2) is 36.9 Å². The largest absolute Gasteiger partial charge is 0.479 e. The second kappa shape index (κ2) is 4.75. The summed E-state index contributed by atoms with van der Waals surface area (Å²) in [5, 5.41) is 8.96. The Morgan fingerprint density at radius 1 is 1.35 bits per heavy atom. The van der Waals surface area contributed by atoms with E-state index in [4.69, 9.17) is 9.84 Å². The average Bonchev–Trinajstić information content (AvgIpc) is 2.28. The molecular weight excluding hydrogens is 218 g/mol. The highest BCUT2D eigenvalue weighted by atomic mass is 16.5. The number of hydrogen-bond acceptors (Lipinski definition) is 3. The summed E-state index contributed by atoms with van der Waals surface area (Å²) < 4.78 is 5.21. The van der Waals surface area contributed by atoms with Crippen LogP contribution in [0.2, 0.25) is 0 Å². The van der Waals surface area contributed by atoms with Crippen LogP contribution in [0, 0.1) is 13.8 Å². The fraction of sp³-hybridized carbons (Fsp3) is 0.462. The Hall–Kier alpha value is -1.55. The highest BCUT2D eigenvalue weighted by Crippen LogP contribution is 2.21. The Kier molecular flexibility index (Phi) is 3.33. The first kappa shape index (κ1) is 11.9. The first-order chi connectivity index (χ1) is 8.06. The van der Waals surface area contributed by atoms with Gasteiger partial charge in [0.1, 0.15) is 0 Å². The number of carbonyl (C=O) groups is 1. The maximum Gasteiger partial charge on any atom is 0.334 e. The molecule has 1 aromatic carbocycles. The fourth-order valence-corrected chi connectivity index (χ4v) is 2.17. The van der Waals surface area contributed by atoms with Gasteiger partial charge in [-0.15, -0.1) is 0 Å². The van der Waals surface area contributed by atoms with Crippen LogP contribution in [0.4, 0.5) is 5.69 Å². The van der Waals surface area contributed by atoms with Gasteiger partial charge in [-0.2, -0.15) is 0 Å². The monoisotopic (exact) mass is 235 g/mol. The van der Waals surface area contributed by atoms with E-state index in [1.165, 1.54) is 11.1 Å². The number of morpholine rings is 1. The number of aliphatic carboxylic acids is 1. The quantitative estimate of drug-likeness (QED) is 0.845. The average molecular weight is 235 g/mol. The Bertz CT molecular complexity index is 410. The second-order valence-electron chi connectivity index (χ2n) is 4.49. The normalized spacial score (nSPS) is 20.4. The van der Waals surface area contributed by atoms with Gasteiger partial charge in [0.25, 0.3) is 0 Å². The van der Waals surface area contributed by atoms with Crippen molar-refractivity contribution in [1.29, 1.82) is 0 Å². The van der Waals surface area contributed by atoms with Gasteiger partial charge >= 0.3 is 5.97 Å². The lowest BCUT2D eigenvalue weighted by Crippen LogP contribution is -2.46. The minimum atomic E-state index is -0.890. The molecule has 1 fully saturated rings. The van der Waals surface area contributed by atoms with Crippen molar-refractivity contribution in [3.05, 3.63) is 29.3 Å². The zero-order valence-corrected chi connectivity index (χ0v) is 10.1. The van der Waals surface area contributed by atoms with Crippen molar-refractivity contribution in [2.24, 2.45) is 0 Å². The lowest BCUT2D eigenvalue weighted by Gasteiger charge is -2.33. The summed E-state index contributed by atoms with van der Waals surface area (Å²) in [6.07, 6.45) is -0.718. The number of anilines is 1. The number of ether oxygens (including phenoxy) is 1. The zero-order chi connectivity index (χ0) is 12.4. The van der Waals surface area contributed by atoms with Gasteiger partial charge in [-0.05, 0) is 37.1 Å². The Morgan fingerprint density at radius 2 is 2.00 bits per heavy atom. The van der Waals surface area contributed by atoms with Crippen molar-refractivity contribution in [2.75, 3.05) is 24.6 Å². The summed E-state index contributed by atoms with van der Waals surface area (Å²) in [7, 11) is 0. The third kappa shape index (κ3) is 2.77. The first-order valence-electron chi connectivity index (χ1n) is 5.74. The van der Waals surface area contributed by atoms with Crippen LogP contribution in [0.15, 0.2) is 18.2 Å². The molecule has 0 spiro atoms. The van der Waals surface area contributed by atoms with E-state index in [1.54, 1.807) is 0 Å². The maximum atomic E-state index is 10.9. The van der Waals surface area contributed by atoms with Gasteiger partial charge in [-0.3, -0.25) is 0 Å². The van der Waals surface area contributed by atoms with E-state index in [2.05, 4.69) is 23.1 Å². The summed E-state index contributed by atoms with van der Waals surface area (Å²) in [4.78, 5) is 13.0. The van der Waals surface area contributed by atoms with E-state index < -0.39 is 12.1 Å². The minimum absolute atomic E-state index is 0.415. The summed E-state index contributed by atoms with van der Waals surface area (Å²) in [5.41, 5.74) is 3.47. The molecule has 0 saturated carbocycles. The summed E-state index contributed by atoms with van der Waals surface area (Å²) >= 11 is 0. The molecule has 0 radical (unpaired) electrons. The highest BCUT2D eigenvalue weighted by molar-refractivity contribution is 5.73. The Labute approximate surface area is 101 Å². The second-order valence-corrected chi connectivity index (χ2v) is 4.49. The molecule has 1 aromatic rings. The summed E-state index contributed by atoms with van der Waals surface area (Å²) in [6, 6.07) is 6.27. The predicted molar refractivity (Wildman–Crippen MR) is 65.5 cm³/mol. The molecule has 0 bridgehead atoms. The molecule has 1 unspecified atom stereocenters. The van der Waals surface area contributed by atoms with Crippen LogP contribution in [0.3, 0.4) is 0 Å². The molecule has 0 amide bonds. The molecule has 1 saturated heterocycles. The number of aryl methyl sites for hydroxylation is 2. The molecule has 1 N–H and O–H groups in total. The number of rotatable bonds is 2. The molecule has 0 aliphatic carbocycles. The van der Waals surface area contributed by atoms with Gasteiger partial charge in [-0.1, -0.05) is 6.07 Å². The zero-order valence-electron chi connectivity index (χ0n) is 10.1. The number of carboxylic acid groups (broad SMARTS) is 1. The molecule has 0 aromatic heterocycles. The number of benzene rings is 1. The molecule has 92 valence electrons. The van der Waals surface area contributed by atoms with E-state index in [0.29, 0.717) is 13.2 Å². The molecule has 1 aliphatic rings. The van der Waals surface area contributed by atoms with Gasteiger partial charge < -0.3 is 14.7 Å². The lowest BCUT2D eigenvalue weighted by atomic mass is 10.1. The van der Waals surface area contributed by atoms with Crippen LogP contribution >= 0.6 is 0 Å². The van der Waals surface area contributed by atoms with Gasteiger partial charge in [0.05, 0.1) is 13.2 Å². The molecular formula is C13H17NO3. The van der Waals surface area contributed by atoms with Crippen LogP contribution in [0.5, 0.6) is 0 Å². The van der Waals surface area contributed by atoms with Crippen LogP contribution in [0.25, 0.3) is 0 Å². The molecule has 4 nitrogen and oxygen atoms in total. The number of nitrogens with zero attached hydrogens (tertiary/aromatic N) is 1. The summed E-state index contributed by atoms with van der Waals surface area (Å²) in [5.74, 6) is -0.890. The van der Waals surface area contributed by atoms with E-state index in [9.17, 15) is 4.79 Å². The van der Waals surface area contributed by atoms with Crippen molar-refractivity contribution in [3.8, 4) is 0 Å². The van der Waals surface area contributed by atoms with Crippen molar-refractivity contribution in [2.45, 2.75) is 20.0 Å². The molecule has 2 rings (SSSR count). The molecule has 17 heavy (non-hydrogen) atoms. The number of carboxylic acids is 1. The molecule has 4 heteroatoms. The van der Waals surface area contributed by atoms with Crippen LogP contribution in [-0.2, 0) is 9.53 Å². The van der Waals surface area contributed by atoms with Crippen molar-refractivity contribution < 1.29 is 14.6 Å². The Morgan fingerprint density at radius 3 is 2.59 bits per heavy atom. The third-order valence-corrected chi connectivity index (χ3v) is 2.91. The van der Waals surface area contributed by atoms with Gasteiger partial charge in [0.2, 0.25) is 0 Å². The van der Waals surface area contributed by atoms with E-state index in [0.717, 1.165) is 12.2 Å². The SMILES string of the molecule is Cc1cc(C)cc(N2CCOC(C(=O)O)C2)c1. The predicted octanol–water partition coefficient (Wildman–Crippen LogP) is 1.59. The number of hydrogen-bond donors (Lipinski definition) is 1. The third-order valence-electron chi connectivity index (χ3n) is 2.91.